The van der Waals surface area contributed by atoms with Crippen LogP contribution in [0.2, 0.25) is 5.02 Å². The van der Waals surface area contributed by atoms with Gasteiger partial charge >= 0.3 is 18.1 Å². The normalized spacial score (nSPS) is 16.8. The highest BCUT2D eigenvalue weighted by molar-refractivity contribution is 6.34. The first-order valence-corrected chi connectivity index (χ1v) is 11.9. The molecule has 1 aliphatic carbocycles. The van der Waals surface area contributed by atoms with Gasteiger partial charge in [-0.2, -0.15) is 13.2 Å². The molecule has 1 aliphatic heterocycles. The third-order valence-corrected chi connectivity index (χ3v) is 6.49. The van der Waals surface area contributed by atoms with Crippen molar-refractivity contribution in [1.29, 1.82) is 0 Å². The Bertz CT molecular complexity index is 1400. The highest BCUT2D eigenvalue weighted by Crippen LogP contribution is 2.43. The molecule has 1 atom stereocenters. The van der Waals surface area contributed by atoms with Crippen LogP contribution in [0.4, 0.5) is 13.2 Å². The molecule has 192 valence electrons. The van der Waals surface area contributed by atoms with E-state index in [0.717, 1.165) is 6.07 Å². The van der Waals surface area contributed by atoms with Crippen LogP contribution >= 0.6 is 11.6 Å². The molecule has 0 spiro atoms. The predicted molar refractivity (Wildman–Crippen MR) is 125 cm³/mol. The van der Waals surface area contributed by atoms with Crippen LogP contribution in [0, 0.1) is 12.8 Å². The van der Waals surface area contributed by atoms with Gasteiger partial charge in [-0.3, -0.25) is 14.5 Å². The fourth-order valence-electron chi connectivity index (χ4n) is 4.13. The zero-order chi connectivity index (χ0) is 26.3. The number of hydrogen-bond acceptors (Lipinski definition) is 7. The van der Waals surface area contributed by atoms with Crippen molar-refractivity contribution in [3.05, 3.63) is 76.1 Å². The van der Waals surface area contributed by atoms with Crippen molar-refractivity contribution in [2.45, 2.75) is 44.8 Å². The van der Waals surface area contributed by atoms with E-state index in [1.165, 1.54) is 16.8 Å². The Hall–Kier alpha value is -3.73. The standard InChI is InChI=1S/C25H20ClF3N4O4/c1-13-12-31-23-18(9-10-19(34)36-37-24(35)14-5-6-14)32-21(17-4-2-3-11-30-17)15-7-8-16(25(27,28)29)20(26)22(15)33(13)23/h2-4,7-8,11-12,14,18H,5-6,9-10H2,1H3/t18-/m0/s1. The number of hydrogen-bond donors (Lipinski definition) is 0. The van der Waals surface area contributed by atoms with Gasteiger partial charge in [0.25, 0.3) is 0 Å². The lowest BCUT2D eigenvalue weighted by atomic mass is 10.0. The number of benzene rings is 1. The number of pyridine rings is 1. The summed E-state index contributed by atoms with van der Waals surface area (Å²) in [5.41, 5.74) is 0.660. The first kappa shape index (κ1) is 24.9. The second-order valence-corrected chi connectivity index (χ2v) is 9.17. The Labute approximate surface area is 214 Å². The second kappa shape index (κ2) is 9.62. The topological polar surface area (TPSA) is 95.7 Å². The summed E-state index contributed by atoms with van der Waals surface area (Å²) < 4.78 is 42.8. The van der Waals surface area contributed by atoms with Gasteiger partial charge in [-0.1, -0.05) is 17.7 Å². The second-order valence-electron chi connectivity index (χ2n) is 8.79. The molecule has 0 bridgehead atoms. The number of carbonyl (C=O) groups is 2. The molecule has 1 aromatic carbocycles. The molecule has 1 fully saturated rings. The van der Waals surface area contributed by atoms with Crippen molar-refractivity contribution in [1.82, 2.24) is 14.5 Å². The van der Waals surface area contributed by atoms with Crippen LogP contribution in [0.15, 0.2) is 47.7 Å². The van der Waals surface area contributed by atoms with Crippen molar-refractivity contribution in [2.75, 3.05) is 0 Å². The first-order valence-electron chi connectivity index (χ1n) is 11.5. The largest absolute Gasteiger partial charge is 0.417 e. The summed E-state index contributed by atoms with van der Waals surface area (Å²) >= 11 is 6.40. The van der Waals surface area contributed by atoms with Gasteiger partial charge in [0.15, 0.2) is 0 Å². The highest BCUT2D eigenvalue weighted by atomic mass is 35.5. The van der Waals surface area contributed by atoms with Crippen molar-refractivity contribution in [2.24, 2.45) is 10.9 Å². The molecule has 2 aliphatic rings. The van der Waals surface area contributed by atoms with Gasteiger partial charge < -0.3 is 0 Å². The Morgan fingerprint density at radius 1 is 1.14 bits per heavy atom. The average molecular weight is 533 g/mol. The summed E-state index contributed by atoms with van der Waals surface area (Å²) in [4.78, 5) is 46.7. The van der Waals surface area contributed by atoms with E-state index in [0.29, 0.717) is 41.3 Å². The van der Waals surface area contributed by atoms with E-state index in [4.69, 9.17) is 16.6 Å². The average Bonchev–Trinajstić information content (AvgIpc) is 3.67. The number of alkyl halides is 3. The van der Waals surface area contributed by atoms with Crippen LogP contribution in [-0.4, -0.2) is 32.2 Å². The van der Waals surface area contributed by atoms with Crippen molar-refractivity contribution in [3.63, 3.8) is 0 Å². The molecule has 0 unspecified atom stereocenters. The van der Waals surface area contributed by atoms with Crippen molar-refractivity contribution < 1.29 is 32.5 Å². The lowest BCUT2D eigenvalue weighted by molar-refractivity contribution is -0.260. The molecule has 0 saturated heterocycles. The molecule has 37 heavy (non-hydrogen) atoms. The third-order valence-electron chi connectivity index (χ3n) is 6.11. The monoisotopic (exact) mass is 532 g/mol. The van der Waals surface area contributed by atoms with Gasteiger partial charge in [0.05, 0.1) is 40.0 Å². The van der Waals surface area contributed by atoms with Gasteiger partial charge in [-0.05, 0) is 50.5 Å². The third kappa shape index (κ3) is 4.95. The molecule has 3 heterocycles. The van der Waals surface area contributed by atoms with E-state index in [9.17, 15) is 22.8 Å². The minimum absolute atomic E-state index is 0.0737. The number of imidazole rings is 1. The fraction of sp³-hybridized carbons (Fsp3) is 0.320. The van der Waals surface area contributed by atoms with Crippen LogP contribution in [0.1, 0.15) is 60.1 Å². The molecule has 8 nitrogen and oxygen atoms in total. The van der Waals surface area contributed by atoms with Gasteiger partial charge in [-0.25, -0.2) is 24.3 Å². The number of aliphatic imine (C=N–C) groups is 1. The molecular formula is C25H20ClF3N4O4. The molecule has 3 aromatic rings. The van der Waals surface area contributed by atoms with Crippen molar-refractivity contribution >= 4 is 29.3 Å². The summed E-state index contributed by atoms with van der Waals surface area (Å²) in [5, 5.41) is -0.497. The summed E-state index contributed by atoms with van der Waals surface area (Å²) in [6.45, 7) is 1.69. The number of nitrogens with zero attached hydrogens (tertiary/aromatic N) is 4. The molecule has 12 heteroatoms. The number of rotatable bonds is 5. The van der Waals surface area contributed by atoms with E-state index in [1.807, 2.05) is 0 Å². The minimum atomic E-state index is -4.68. The summed E-state index contributed by atoms with van der Waals surface area (Å²) in [5.74, 6) is -1.30. The Morgan fingerprint density at radius 3 is 2.59 bits per heavy atom. The quantitative estimate of drug-likeness (QED) is 0.325. The lowest BCUT2D eigenvalue weighted by Gasteiger charge is -2.19. The fourth-order valence-corrected chi connectivity index (χ4v) is 4.49. The zero-order valence-corrected chi connectivity index (χ0v) is 20.2. The zero-order valence-electron chi connectivity index (χ0n) is 19.5. The van der Waals surface area contributed by atoms with Gasteiger partial charge in [0.2, 0.25) is 0 Å². The first-order chi connectivity index (χ1) is 17.6. The Balaban J connectivity index is 1.56. The Morgan fingerprint density at radius 2 is 1.92 bits per heavy atom. The van der Waals surface area contributed by atoms with Crippen LogP contribution in [-0.2, 0) is 25.5 Å². The van der Waals surface area contributed by atoms with Gasteiger partial charge in [-0.15, -0.1) is 0 Å². The van der Waals surface area contributed by atoms with Gasteiger partial charge in [0, 0.05) is 23.7 Å². The molecular weight excluding hydrogens is 513 g/mol. The van der Waals surface area contributed by atoms with E-state index in [2.05, 4.69) is 19.7 Å². The van der Waals surface area contributed by atoms with Crippen LogP contribution in [0.25, 0.3) is 5.69 Å². The number of halogens is 4. The molecule has 2 aromatic heterocycles. The minimum Gasteiger partial charge on any atom is -0.297 e. The lowest BCUT2D eigenvalue weighted by Crippen LogP contribution is -2.14. The van der Waals surface area contributed by atoms with E-state index < -0.39 is 34.7 Å². The van der Waals surface area contributed by atoms with Crippen molar-refractivity contribution in [3.8, 4) is 5.69 Å². The molecule has 0 amide bonds. The molecule has 5 rings (SSSR count). The number of carbonyl (C=O) groups excluding carboxylic acids is 2. The smallest absolute Gasteiger partial charge is 0.297 e. The van der Waals surface area contributed by atoms with E-state index in [1.54, 1.807) is 31.3 Å². The summed E-state index contributed by atoms with van der Waals surface area (Å²) in [7, 11) is 0. The molecule has 0 N–H and O–H groups in total. The van der Waals surface area contributed by atoms with Gasteiger partial charge in [0.1, 0.15) is 11.9 Å². The number of aromatic nitrogens is 3. The van der Waals surface area contributed by atoms with Crippen LogP contribution in [0.5, 0.6) is 0 Å². The number of aryl methyl sites for hydroxylation is 1. The predicted octanol–water partition coefficient (Wildman–Crippen LogP) is 5.33. The SMILES string of the molecule is Cc1cnc2n1-c1c(ccc(C(F)(F)F)c1Cl)C(c1ccccn1)=N[C@H]2CCC(=O)OOC(=O)C1CC1. The maximum absolute atomic E-state index is 13.8. The van der Waals surface area contributed by atoms with E-state index in [-0.39, 0.29) is 24.4 Å². The Kier molecular flexibility index (Phi) is 6.49. The molecule has 1 saturated carbocycles. The maximum Gasteiger partial charge on any atom is 0.417 e. The highest BCUT2D eigenvalue weighted by Gasteiger charge is 2.38. The summed E-state index contributed by atoms with van der Waals surface area (Å²) in [6, 6.07) is 6.57. The number of fused-ring (bicyclic) bond motifs is 3. The molecule has 0 radical (unpaired) electrons. The van der Waals surface area contributed by atoms with Crippen LogP contribution < -0.4 is 0 Å². The summed E-state index contributed by atoms with van der Waals surface area (Å²) in [6.07, 6.45) is -0.361. The van der Waals surface area contributed by atoms with Crippen LogP contribution in [0.3, 0.4) is 0 Å². The maximum atomic E-state index is 13.8. The van der Waals surface area contributed by atoms with E-state index >= 15 is 0 Å².